The van der Waals surface area contributed by atoms with E-state index in [1.807, 2.05) is 6.07 Å². The molecule has 118 valence electrons. The zero-order valence-electron chi connectivity index (χ0n) is 12.7. The van der Waals surface area contributed by atoms with Gasteiger partial charge in [0.1, 0.15) is 5.75 Å². The van der Waals surface area contributed by atoms with Gasteiger partial charge in [0.2, 0.25) is 0 Å². The van der Waals surface area contributed by atoms with E-state index in [1.54, 1.807) is 19.1 Å². The molecular weight excluding hydrogens is 298 g/mol. The van der Waals surface area contributed by atoms with Gasteiger partial charge in [-0.05, 0) is 24.6 Å². The van der Waals surface area contributed by atoms with Crippen LogP contribution in [0.1, 0.15) is 22.8 Å². The van der Waals surface area contributed by atoms with Gasteiger partial charge in [0.05, 0.1) is 13.7 Å². The van der Waals surface area contributed by atoms with Crippen LogP contribution in [-0.4, -0.2) is 41.9 Å². The van der Waals surface area contributed by atoms with Crippen LogP contribution < -0.4 is 15.4 Å². The number of hydrogen-bond donors (Lipinski definition) is 2. The van der Waals surface area contributed by atoms with Gasteiger partial charge in [0.25, 0.3) is 11.8 Å². The second-order valence-electron chi connectivity index (χ2n) is 5.37. The summed E-state index contributed by atoms with van der Waals surface area (Å²) in [5.41, 5.74) is -0.0259. The minimum atomic E-state index is -1.41. The maximum atomic E-state index is 12.6. The van der Waals surface area contributed by atoms with Crippen LogP contribution in [0.3, 0.4) is 0 Å². The summed E-state index contributed by atoms with van der Waals surface area (Å²) in [4.78, 5) is 37.6. The fourth-order valence-corrected chi connectivity index (χ4v) is 2.83. The number of rotatable bonds is 3. The topological polar surface area (TPSA) is 87.7 Å². The Morgan fingerprint density at radius 1 is 1.35 bits per heavy atom. The van der Waals surface area contributed by atoms with Gasteiger partial charge < -0.3 is 15.0 Å². The largest absolute Gasteiger partial charge is 0.497 e. The zero-order valence-corrected chi connectivity index (χ0v) is 12.7. The quantitative estimate of drug-likeness (QED) is 0.619. The number of imide groups is 1. The average molecular weight is 313 g/mol. The summed E-state index contributed by atoms with van der Waals surface area (Å²) in [6.07, 6.45) is 0. The second-order valence-corrected chi connectivity index (χ2v) is 5.37. The van der Waals surface area contributed by atoms with Crippen molar-refractivity contribution in [3.05, 3.63) is 29.3 Å². The van der Waals surface area contributed by atoms with Crippen LogP contribution in [0.2, 0.25) is 0 Å². The van der Waals surface area contributed by atoms with E-state index in [9.17, 15) is 14.4 Å². The van der Waals surface area contributed by atoms with Crippen LogP contribution in [0.25, 0.3) is 0 Å². The molecule has 0 spiro atoms. The molecule has 1 saturated heterocycles. The van der Waals surface area contributed by atoms with Crippen LogP contribution >= 0.6 is 0 Å². The molecular formula is C16H15N3O4. The fourth-order valence-electron chi connectivity index (χ4n) is 2.83. The molecule has 7 nitrogen and oxygen atoms in total. The Bertz CT molecular complexity index is 777. The molecule has 0 saturated carbocycles. The number of hydrogen-bond acceptors (Lipinski definition) is 4. The highest BCUT2D eigenvalue weighted by Crippen LogP contribution is 2.28. The number of ether oxygens (including phenoxy) is 1. The van der Waals surface area contributed by atoms with Crippen LogP contribution in [-0.2, 0) is 11.3 Å². The predicted molar refractivity (Wildman–Crippen MR) is 80.6 cm³/mol. The third-order valence-electron chi connectivity index (χ3n) is 3.90. The normalized spacial score (nSPS) is 22.2. The predicted octanol–water partition coefficient (Wildman–Crippen LogP) is 0.253. The number of fused-ring (bicyclic) bond motifs is 1. The molecule has 2 heterocycles. The molecule has 0 aromatic heterocycles. The SMILES string of the molecule is CC#CC1(CN2Cc3ccc(OC)cc3C2=O)NC(=O)NC1=O. The number of carbonyl (C=O) groups is 3. The first-order valence-electron chi connectivity index (χ1n) is 7.03. The maximum absolute atomic E-state index is 12.6. The van der Waals surface area contributed by atoms with Crippen LogP contribution in [0, 0.1) is 11.8 Å². The lowest BCUT2D eigenvalue weighted by Crippen LogP contribution is -2.54. The minimum absolute atomic E-state index is 0.0127. The van der Waals surface area contributed by atoms with Gasteiger partial charge in [-0.2, -0.15) is 0 Å². The van der Waals surface area contributed by atoms with E-state index in [1.165, 1.54) is 12.0 Å². The van der Waals surface area contributed by atoms with Crippen LogP contribution in [0.4, 0.5) is 4.79 Å². The smallest absolute Gasteiger partial charge is 0.323 e. The standard InChI is InChI=1S/C16H15N3O4/c1-3-6-16(14(21)17-15(22)18-16)9-19-8-10-4-5-11(23-2)7-12(10)13(19)20/h4-5,7H,8-9H2,1-2H3,(H2,17,18,21,22). The Morgan fingerprint density at radius 2 is 2.13 bits per heavy atom. The minimum Gasteiger partial charge on any atom is -0.497 e. The molecule has 1 unspecified atom stereocenters. The van der Waals surface area contributed by atoms with E-state index in [0.717, 1.165) is 5.56 Å². The molecule has 0 bridgehead atoms. The summed E-state index contributed by atoms with van der Waals surface area (Å²) in [7, 11) is 1.53. The number of urea groups is 1. The highest BCUT2D eigenvalue weighted by molar-refractivity contribution is 6.10. The van der Waals surface area contributed by atoms with Crippen molar-refractivity contribution in [1.29, 1.82) is 0 Å². The summed E-state index contributed by atoms with van der Waals surface area (Å²) in [6.45, 7) is 1.92. The van der Waals surface area contributed by atoms with Crippen LogP contribution in [0.15, 0.2) is 18.2 Å². The lowest BCUT2D eigenvalue weighted by atomic mass is 10.00. The first-order chi connectivity index (χ1) is 11.0. The monoisotopic (exact) mass is 313 g/mol. The number of nitrogens with zero attached hydrogens (tertiary/aromatic N) is 1. The first-order valence-corrected chi connectivity index (χ1v) is 7.03. The van der Waals surface area contributed by atoms with E-state index in [-0.39, 0.29) is 12.5 Å². The van der Waals surface area contributed by atoms with Crippen molar-refractivity contribution in [2.24, 2.45) is 0 Å². The Balaban J connectivity index is 1.89. The molecule has 1 aromatic carbocycles. The van der Waals surface area contributed by atoms with E-state index >= 15 is 0 Å². The van der Waals surface area contributed by atoms with Gasteiger partial charge in [-0.1, -0.05) is 12.0 Å². The van der Waals surface area contributed by atoms with Gasteiger partial charge >= 0.3 is 6.03 Å². The molecule has 4 amide bonds. The maximum Gasteiger partial charge on any atom is 0.323 e. The van der Waals surface area contributed by atoms with Crippen molar-refractivity contribution < 1.29 is 19.1 Å². The molecule has 1 aromatic rings. The Kier molecular flexibility index (Phi) is 3.45. The Morgan fingerprint density at radius 3 is 2.74 bits per heavy atom. The first kappa shape index (κ1) is 14.9. The van der Waals surface area contributed by atoms with E-state index in [0.29, 0.717) is 17.9 Å². The van der Waals surface area contributed by atoms with Gasteiger partial charge in [-0.3, -0.25) is 14.9 Å². The summed E-state index contributed by atoms with van der Waals surface area (Å²) >= 11 is 0. The molecule has 0 radical (unpaired) electrons. The Hall–Kier alpha value is -3.01. The molecule has 2 aliphatic heterocycles. The second kappa shape index (κ2) is 5.32. The van der Waals surface area contributed by atoms with Crippen molar-refractivity contribution in [2.45, 2.75) is 19.0 Å². The third-order valence-corrected chi connectivity index (χ3v) is 3.90. The fraction of sp³-hybridized carbons (Fsp3) is 0.312. The van der Waals surface area contributed by atoms with Gasteiger partial charge in [0, 0.05) is 12.1 Å². The van der Waals surface area contributed by atoms with E-state index < -0.39 is 17.5 Å². The average Bonchev–Trinajstić information content (AvgIpc) is 2.97. The molecule has 0 aliphatic carbocycles. The lowest BCUT2D eigenvalue weighted by molar-refractivity contribution is -0.122. The van der Waals surface area contributed by atoms with Crippen LogP contribution in [0.5, 0.6) is 5.75 Å². The van der Waals surface area contributed by atoms with Crippen molar-refractivity contribution >= 4 is 17.8 Å². The highest BCUT2D eigenvalue weighted by Gasteiger charge is 2.48. The zero-order chi connectivity index (χ0) is 16.6. The van der Waals surface area contributed by atoms with Crippen molar-refractivity contribution in [2.75, 3.05) is 13.7 Å². The Labute approximate surface area is 133 Å². The van der Waals surface area contributed by atoms with Crippen molar-refractivity contribution in [1.82, 2.24) is 15.5 Å². The molecule has 1 fully saturated rings. The van der Waals surface area contributed by atoms with Gasteiger partial charge in [0.15, 0.2) is 5.54 Å². The third kappa shape index (κ3) is 2.38. The highest BCUT2D eigenvalue weighted by atomic mass is 16.5. The molecule has 1 atom stereocenters. The number of nitrogens with one attached hydrogen (secondary N) is 2. The van der Waals surface area contributed by atoms with Gasteiger partial charge in [-0.15, -0.1) is 5.92 Å². The molecule has 23 heavy (non-hydrogen) atoms. The number of carbonyl (C=O) groups excluding carboxylic acids is 3. The van der Waals surface area contributed by atoms with Crippen molar-refractivity contribution in [3.8, 4) is 17.6 Å². The van der Waals surface area contributed by atoms with Gasteiger partial charge in [-0.25, -0.2) is 4.79 Å². The number of methoxy groups -OCH3 is 1. The summed E-state index contributed by atoms with van der Waals surface area (Å²) in [5, 5.41) is 4.69. The molecule has 3 rings (SSSR count). The summed E-state index contributed by atoms with van der Waals surface area (Å²) < 4.78 is 5.13. The van der Waals surface area contributed by atoms with Crippen molar-refractivity contribution in [3.63, 3.8) is 0 Å². The molecule has 2 N–H and O–H groups in total. The summed E-state index contributed by atoms with van der Waals surface area (Å²) in [6, 6.07) is 4.66. The van der Waals surface area contributed by atoms with E-state index in [4.69, 9.17) is 4.74 Å². The number of amides is 4. The number of benzene rings is 1. The molecule has 2 aliphatic rings. The lowest BCUT2D eigenvalue weighted by Gasteiger charge is -2.26. The molecule has 7 heteroatoms. The summed E-state index contributed by atoms with van der Waals surface area (Å²) in [5.74, 6) is 5.20. The van der Waals surface area contributed by atoms with E-state index in [2.05, 4.69) is 22.5 Å².